The Labute approximate surface area is 74.5 Å². The molecule has 0 aromatic rings. The summed E-state index contributed by atoms with van der Waals surface area (Å²) in [7, 11) is 0. The van der Waals surface area contributed by atoms with E-state index in [1.807, 2.05) is 0 Å². The lowest BCUT2D eigenvalue weighted by Crippen LogP contribution is -2.30. The minimum absolute atomic E-state index is 0.671. The summed E-state index contributed by atoms with van der Waals surface area (Å²) in [6.45, 7) is 1.05. The largest absolute Gasteiger partial charge is 0.378 e. The van der Waals surface area contributed by atoms with Crippen LogP contribution in [0.1, 0.15) is 38.5 Å². The molecule has 3 rings (SSSR count). The van der Waals surface area contributed by atoms with Gasteiger partial charge in [0.15, 0.2) is 0 Å². The Morgan fingerprint density at radius 3 is 2.58 bits per heavy atom. The van der Waals surface area contributed by atoms with E-state index in [9.17, 15) is 0 Å². The van der Waals surface area contributed by atoms with Gasteiger partial charge in [-0.25, -0.2) is 0 Å². The number of rotatable bonds is 0. The number of fused-ring (bicyclic) bond motifs is 2. The Kier molecular flexibility index (Phi) is 1.68. The first-order valence-electron chi connectivity index (χ1n) is 5.55. The smallest absolute Gasteiger partial charge is 0.0607 e. The maximum absolute atomic E-state index is 5.77. The normalized spacial score (nSPS) is 52.0. The van der Waals surface area contributed by atoms with Gasteiger partial charge in [0, 0.05) is 6.61 Å². The highest BCUT2D eigenvalue weighted by Crippen LogP contribution is 2.47. The van der Waals surface area contributed by atoms with E-state index in [1.54, 1.807) is 0 Å². The van der Waals surface area contributed by atoms with Crippen molar-refractivity contribution in [2.24, 2.45) is 17.8 Å². The predicted molar refractivity (Wildman–Crippen MR) is 47.9 cm³/mol. The van der Waals surface area contributed by atoms with Crippen LogP contribution in [-0.4, -0.2) is 12.7 Å². The van der Waals surface area contributed by atoms with E-state index in [4.69, 9.17) is 4.74 Å². The van der Waals surface area contributed by atoms with Gasteiger partial charge in [-0.1, -0.05) is 19.3 Å². The molecule has 4 atom stereocenters. The fraction of sp³-hybridized carbons (Fsp3) is 1.00. The van der Waals surface area contributed by atoms with E-state index in [2.05, 4.69) is 0 Å². The Morgan fingerprint density at radius 1 is 0.833 bits per heavy atom. The van der Waals surface area contributed by atoms with Gasteiger partial charge in [-0.3, -0.25) is 0 Å². The van der Waals surface area contributed by atoms with E-state index in [-0.39, 0.29) is 0 Å². The molecule has 0 aromatic carbocycles. The molecule has 12 heavy (non-hydrogen) atoms. The van der Waals surface area contributed by atoms with Crippen LogP contribution in [0.25, 0.3) is 0 Å². The molecule has 0 N–H and O–H groups in total. The lowest BCUT2D eigenvalue weighted by Gasteiger charge is -2.33. The summed E-state index contributed by atoms with van der Waals surface area (Å²) in [5.74, 6) is 3.08. The molecule has 1 aliphatic heterocycles. The molecule has 0 spiro atoms. The summed E-state index contributed by atoms with van der Waals surface area (Å²) in [6, 6.07) is 0. The Balaban J connectivity index is 1.75. The molecular weight excluding hydrogens is 148 g/mol. The standard InChI is InChI=1S/C11H18O/c1-2-8-6-10-4-5-12-11(10)7-9(8)3-1/h8-11H,1-7H2. The molecule has 2 aliphatic carbocycles. The van der Waals surface area contributed by atoms with Gasteiger partial charge in [0.1, 0.15) is 0 Å². The molecule has 1 heteroatoms. The van der Waals surface area contributed by atoms with E-state index >= 15 is 0 Å². The van der Waals surface area contributed by atoms with E-state index in [0.717, 1.165) is 24.4 Å². The van der Waals surface area contributed by atoms with Crippen LogP contribution in [-0.2, 0) is 4.74 Å². The average molecular weight is 166 g/mol. The second-order valence-corrected chi connectivity index (χ2v) is 4.88. The SMILES string of the molecule is C1CC2CC3CCOC3CC2C1. The summed E-state index contributed by atoms with van der Waals surface area (Å²) in [4.78, 5) is 0. The van der Waals surface area contributed by atoms with Crippen molar-refractivity contribution in [3.63, 3.8) is 0 Å². The molecular formula is C11H18O. The van der Waals surface area contributed by atoms with Gasteiger partial charge < -0.3 is 4.74 Å². The fourth-order valence-corrected chi connectivity index (χ4v) is 3.64. The van der Waals surface area contributed by atoms with E-state index in [1.165, 1.54) is 38.5 Å². The molecule has 1 saturated heterocycles. The summed E-state index contributed by atoms with van der Waals surface area (Å²) in [5, 5.41) is 0. The monoisotopic (exact) mass is 166 g/mol. The third-order valence-electron chi connectivity index (χ3n) is 4.30. The Hall–Kier alpha value is -0.0400. The lowest BCUT2D eigenvalue weighted by molar-refractivity contribution is 0.0312. The van der Waals surface area contributed by atoms with Gasteiger partial charge >= 0.3 is 0 Å². The number of hydrogen-bond acceptors (Lipinski definition) is 1. The van der Waals surface area contributed by atoms with Gasteiger partial charge in [0.05, 0.1) is 6.10 Å². The highest BCUT2D eigenvalue weighted by Gasteiger charge is 2.41. The van der Waals surface area contributed by atoms with Gasteiger partial charge in [-0.2, -0.15) is 0 Å². The van der Waals surface area contributed by atoms with Crippen molar-refractivity contribution < 1.29 is 4.74 Å². The molecule has 0 amide bonds. The van der Waals surface area contributed by atoms with Crippen LogP contribution in [0.5, 0.6) is 0 Å². The first-order valence-corrected chi connectivity index (χ1v) is 5.55. The zero-order chi connectivity index (χ0) is 7.97. The fourth-order valence-electron chi connectivity index (χ4n) is 3.64. The van der Waals surface area contributed by atoms with Crippen LogP contribution in [0.4, 0.5) is 0 Å². The van der Waals surface area contributed by atoms with E-state index < -0.39 is 0 Å². The van der Waals surface area contributed by atoms with Gasteiger partial charge in [0.25, 0.3) is 0 Å². The van der Waals surface area contributed by atoms with Gasteiger partial charge in [-0.15, -0.1) is 0 Å². The maximum Gasteiger partial charge on any atom is 0.0607 e. The highest BCUT2D eigenvalue weighted by molar-refractivity contribution is 4.91. The van der Waals surface area contributed by atoms with Crippen molar-refractivity contribution in [1.82, 2.24) is 0 Å². The molecule has 0 bridgehead atoms. The molecule has 1 heterocycles. The molecule has 0 aromatic heterocycles. The van der Waals surface area contributed by atoms with E-state index in [0.29, 0.717) is 6.10 Å². The quantitative estimate of drug-likeness (QED) is 0.537. The molecule has 3 aliphatic rings. The van der Waals surface area contributed by atoms with Crippen molar-refractivity contribution in [2.45, 2.75) is 44.6 Å². The zero-order valence-corrected chi connectivity index (χ0v) is 7.67. The minimum atomic E-state index is 0.671. The van der Waals surface area contributed by atoms with Crippen LogP contribution in [0.15, 0.2) is 0 Å². The summed E-state index contributed by atoms with van der Waals surface area (Å²) in [6.07, 6.45) is 9.43. The Bertz CT molecular complexity index is 142. The molecule has 0 radical (unpaired) electrons. The molecule has 68 valence electrons. The van der Waals surface area contributed by atoms with Crippen molar-refractivity contribution in [1.29, 1.82) is 0 Å². The van der Waals surface area contributed by atoms with Crippen molar-refractivity contribution in [3.05, 3.63) is 0 Å². The van der Waals surface area contributed by atoms with Gasteiger partial charge in [-0.05, 0) is 37.0 Å². The Morgan fingerprint density at radius 2 is 1.67 bits per heavy atom. The minimum Gasteiger partial charge on any atom is -0.378 e. The first-order chi connectivity index (χ1) is 5.93. The molecule has 1 nitrogen and oxygen atoms in total. The van der Waals surface area contributed by atoms with Crippen molar-refractivity contribution >= 4 is 0 Å². The van der Waals surface area contributed by atoms with Crippen molar-refractivity contribution in [2.75, 3.05) is 6.61 Å². The first kappa shape index (κ1) is 7.37. The third-order valence-corrected chi connectivity index (χ3v) is 4.30. The second-order valence-electron chi connectivity index (χ2n) is 4.88. The summed E-state index contributed by atoms with van der Waals surface area (Å²) in [5.41, 5.74) is 0. The zero-order valence-electron chi connectivity index (χ0n) is 7.67. The second kappa shape index (κ2) is 2.73. The molecule has 3 fully saturated rings. The van der Waals surface area contributed by atoms with Crippen LogP contribution < -0.4 is 0 Å². The van der Waals surface area contributed by atoms with Crippen LogP contribution in [0.3, 0.4) is 0 Å². The predicted octanol–water partition coefficient (Wildman–Crippen LogP) is 2.60. The number of ether oxygens (including phenoxy) is 1. The van der Waals surface area contributed by atoms with Crippen molar-refractivity contribution in [3.8, 4) is 0 Å². The molecule has 4 unspecified atom stereocenters. The van der Waals surface area contributed by atoms with Crippen LogP contribution >= 0.6 is 0 Å². The van der Waals surface area contributed by atoms with Gasteiger partial charge in [0.2, 0.25) is 0 Å². The average Bonchev–Trinajstić information content (AvgIpc) is 2.64. The van der Waals surface area contributed by atoms with Crippen LogP contribution in [0, 0.1) is 17.8 Å². The topological polar surface area (TPSA) is 9.23 Å². The highest BCUT2D eigenvalue weighted by atomic mass is 16.5. The summed E-state index contributed by atoms with van der Waals surface area (Å²) >= 11 is 0. The summed E-state index contributed by atoms with van der Waals surface area (Å²) < 4.78 is 5.77. The molecule has 2 saturated carbocycles. The third kappa shape index (κ3) is 1.02. The van der Waals surface area contributed by atoms with Crippen LogP contribution in [0.2, 0.25) is 0 Å². The lowest BCUT2D eigenvalue weighted by atomic mass is 9.74. The number of hydrogen-bond donors (Lipinski definition) is 0. The maximum atomic E-state index is 5.77.